The average Bonchev–Trinajstić information content (AvgIpc) is 2.25. The summed E-state index contributed by atoms with van der Waals surface area (Å²) in [4.78, 5) is 22.4. The van der Waals surface area contributed by atoms with Crippen molar-refractivity contribution in [1.29, 1.82) is 0 Å². The van der Waals surface area contributed by atoms with Crippen molar-refractivity contribution < 1.29 is 19.4 Å². The van der Waals surface area contributed by atoms with Crippen LogP contribution >= 0.6 is 15.9 Å². The highest BCUT2D eigenvalue weighted by molar-refractivity contribution is 9.09. The Balaban J connectivity index is 2.55. The van der Waals surface area contributed by atoms with E-state index in [9.17, 15) is 14.7 Å². The third kappa shape index (κ3) is 3.48. The maximum Gasteiger partial charge on any atom is 0.309 e. The van der Waals surface area contributed by atoms with Crippen LogP contribution in [0.2, 0.25) is 0 Å². The van der Waals surface area contributed by atoms with E-state index in [1.54, 1.807) is 0 Å². The minimum absolute atomic E-state index is 0.287. The van der Waals surface area contributed by atoms with E-state index in [1.807, 2.05) is 0 Å². The Labute approximate surface area is 97.1 Å². The molecular formula is C10H14BrO4-. The molecule has 2 atom stereocenters. The van der Waals surface area contributed by atoms with E-state index in [4.69, 9.17) is 4.74 Å². The maximum absolute atomic E-state index is 11.5. The first-order valence-corrected chi connectivity index (χ1v) is 6.22. The number of carboxylic acid groups (broad SMARTS) is 1. The van der Waals surface area contributed by atoms with Gasteiger partial charge in [0.05, 0.1) is 5.92 Å². The van der Waals surface area contributed by atoms with Gasteiger partial charge in [-0.3, -0.25) is 4.79 Å². The number of ether oxygens (including phenoxy) is 1. The van der Waals surface area contributed by atoms with Gasteiger partial charge >= 0.3 is 5.97 Å². The molecule has 1 rings (SSSR count). The zero-order valence-electron chi connectivity index (χ0n) is 8.41. The number of halogens is 1. The molecule has 1 saturated carbocycles. The van der Waals surface area contributed by atoms with Gasteiger partial charge in [-0.2, -0.15) is 0 Å². The second-order valence-electron chi connectivity index (χ2n) is 3.67. The molecule has 86 valence electrons. The van der Waals surface area contributed by atoms with Crippen LogP contribution in [0.25, 0.3) is 0 Å². The van der Waals surface area contributed by atoms with Gasteiger partial charge in [0.1, 0.15) is 6.61 Å². The lowest BCUT2D eigenvalue weighted by atomic mass is 9.79. The Hall–Kier alpha value is -0.580. The van der Waals surface area contributed by atoms with E-state index >= 15 is 0 Å². The first-order valence-electron chi connectivity index (χ1n) is 5.10. The molecule has 0 saturated heterocycles. The van der Waals surface area contributed by atoms with Crippen LogP contribution in [-0.4, -0.2) is 23.9 Å². The number of carbonyl (C=O) groups is 2. The fourth-order valence-corrected chi connectivity index (χ4v) is 2.10. The highest BCUT2D eigenvalue weighted by Gasteiger charge is 2.32. The van der Waals surface area contributed by atoms with Gasteiger partial charge in [-0.25, -0.2) is 0 Å². The molecule has 15 heavy (non-hydrogen) atoms. The molecule has 4 nitrogen and oxygen atoms in total. The molecule has 0 amide bonds. The van der Waals surface area contributed by atoms with Crippen molar-refractivity contribution in [2.45, 2.75) is 25.7 Å². The molecule has 1 aliphatic carbocycles. The smallest absolute Gasteiger partial charge is 0.309 e. The molecule has 0 aliphatic heterocycles. The lowest BCUT2D eigenvalue weighted by Gasteiger charge is -2.30. The molecule has 0 aromatic heterocycles. The van der Waals surface area contributed by atoms with E-state index in [0.717, 1.165) is 12.8 Å². The number of hydrogen-bond donors (Lipinski definition) is 0. The van der Waals surface area contributed by atoms with Gasteiger partial charge in [-0.1, -0.05) is 28.8 Å². The summed E-state index contributed by atoms with van der Waals surface area (Å²) in [5.74, 6) is -2.71. The zero-order chi connectivity index (χ0) is 11.3. The molecule has 1 fully saturated rings. The number of carbonyl (C=O) groups excluding carboxylic acids is 2. The molecule has 0 radical (unpaired) electrons. The van der Waals surface area contributed by atoms with Crippen molar-refractivity contribution in [3.8, 4) is 0 Å². The molecule has 0 heterocycles. The van der Waals surface area contributed by atoms with Crippen LogP contribution < -0.4 is 5.11 Å². The van der Waals surface area contributed by atoms with Crippen LogP contribution in [0.4, 0.5) is 0 Å². The Morgan fingerprint density at radius 1 is 1.27 bits per heavy atom. The highest BCUT2D eigenvalue weighted by atomic mass is 79.9. The molecular weight excluding hydrogens is 264 g/mol. The SMILES string of the molecule is O=C([O-])[C@H]1CCCC[C@H]1C(=O)OCCBr. The summed E-state index contributed by atoms with van der Waals surface area (Å²) in [7, 11) is 0. The number of carboxylic acids is 1. The second-order valence-corrected chi connectivity index (χ2v) is 4.47. The summed E-state index contributed by atoms with van der Waals surface area (Å²) in [6.07, 6.45) is 2.86. The minimum Gasteiger partial charge on any atom is -0.550 e. The van der Waals surface area contributed by atoms with Gasteiger partial charge in [0.2, 0.25) is 0 Å². The average molecular weight is 278 g/mol. The molecule has 0 bridgehead atoms. The largest absolute Gasteiger partial charge is 0.550 e. The van der Waals surface area contributed by atoms with Crippen molar-refractivity contribution in [2.75, 3.05) is 11.9 Å². The van der Waals surface area contributed by atoms with E-state index < -0.39 is 23.8 Å². The quantitative estimate of drug-likeness (QED) is 0.554. The number of hydrogen-bond acceptors (Lipinski definition) is 4. The van der Waals surface area contributed by atoms with Crippen LogP contribution in [0.15, 0.2) is 0 Å². The summed E-state index contributed by atoms with van der Waals surface area (Å²) >= 11 is 3.14. The number of aliphatic carboxylic acids is 1. The predicted molar refractivity (Wildman–Crippen MR) is 55.2 cm³/mol. The van der Waals surface area contributed by atoms with Gasteiger partial charge < -0.3 is 14.6 Å². The fraction of sp³-hybridized carbons (Fsp3) is 0.800. The predicted octanol–water partition coefficient (Wildman–Crippen LogP) is 0.481. The Bertz CT molecular complexity index is 242. The summed E-state index contributed by atoms with van der Waals surface area (Å²) in [6.45, 7) is 0.287. The van der Waals surface area contributed by atoms with Gasteiger partial charge in [0, 0.05) is 17.2 Å². The Morgan fingerprint density at radius 2 is 1.87 bits per heavy atom. The van der Waals surface area contributed by atoms with Crippen molar-refractivity contribution >= 4 is 27.9 Å². The molecule has 0 N–H and O–H groups in total. The molecule has 5 heteroatoms. The summed E-state index contributed by atoms with van der Waals surface area (Å²) < 4.78 is 4.93. The standard InChI is InChI=1S/C10H15BrO4/c11-5-6-15-10(14)8-4-2-1-3-7(8)9(12)13/h7-8H,1-6H2,(H,12,13)/p-1/t7-,8+/m0/s1. The van der Waals surface area contributed by atoms with Crippen LogP contribution in [0, 0.1) is 11.8 Å². The second kappa shape index (κ2) is 6.10. The van der Waals surface area contributed by atoms with Crippen molar-refractivity contribution in [3.05, 3.63) is 0 Å². The molecule has 0 aromatic carbocycles. The van der Waals surface area contributed by atoms with Gasteiger partial charge in [-0.05, 0) is 12.8 Å². The molecule has 0 spiro atoms. The van der Waals surface area contributed by atoms with Gasteiger partial charge in [0.25, 0.3) is 0 Å². The summed E-state index contributed by atoms with van der Waals surface area (Å²) in [6, 6.07) is 0. The van der Waals surface area contributed by atoms with Crippen LogP contribution in [-0.2, 0) is 14.3 Å². The fourth-order valence-electron chi connectivity index (χ4n) is 1.94. The lowest BCUT2D eigenvalue weighted by molar-refractivity contribution is -0.314. The van der Waals surface area contributed by atoms with Crippen LogP contribution in [0.5, 0.6) is 0 Å². The number of esters is 1. The summed E-state index contributed by atoms with van der Waals surface area (Å²) in [5.41, 5.74) is 0. The maximum atomic E-state index is 11.5. The van der Waals surface area contributed by atoms with E-state index in [0.29, 0.717) is 18.2 Å². The number of rotatable bonds is 4. The van der Waals surface area contributed by atoms with Gasteiger partial charge in [-0.15, -0.1) is 0 Å². The van der Waals surface area contributed by atoms with E-state index in [1.165, 1.54) is 0 Å². The normalized spacial score (nSPS) is 25.9. The van der Waals surface area contributed by atoms with Crippen LogP contribution in [0.1, 0.15) is 25.7 Å². The molecule has 0 unspecified atom stereocenters. The third-order valence-corrected chi connectivity index (χ3v) is 3.02. The monoisotopic (exact) mass is 277 g/mol. The van der Waals surface area contributed by atoms with Gasteiger partial charge in [0.15, 0.2) is 0 Å². The molecule has 1 aliphatic rings. The molecule has 0 aromatic rings. The van der Waals surface area contributed by atoms with Crippen LogP contribution in [0.3, 0.4) is 0 Å². The highest BCUT2D eigenvalue weighted by Crippen LogP contribution is 2.30. The Kier molecular flexibility index (Phi) is 5.08. The third-order valence-electron chi connectivity index (χ3n) is 2.69. The first-order chi connectivity index (χ1) is 7.16. The van der Waals surface area contributed by atoms with Crippen molar-refractivity contribution in [1.82, 2.24) is 0 Å². The first kappa shape index (κ1) is 12.5. The van der Waals surface area contributed by atoms with Crippen molar-refractivity contribution in [2.24, 2.45) is 11.8 Å². The van der Waals surface area contributed by atoms with E-state index in [-0.39, 0.29) is 6.61 Å². The topological polar surface area (TPSA) is 66.4 Å². The zero-order valence-corrected chi connectivity index (χ0v) is 9.99. The lowest BCUT2D eigenvalue weighted by Crippen LogP contribution is -2.41. The van der Waals surface area contributed by atoms with Crippen molar-refractivity contribution in [3.63, 3.8) is 0 Å². The number of alkyl halides is 1. The summed E-state index contributed by atoms with van der Waals surface area (Å²) in [5, 5.41) is 11.4. The Morgan fingerprint density at radius 3 is 2.40 bits per heavy atom. The minimum atomic E-state index is -1.13. The van der Waals surface area contributed by atoms with E-state index in [2.05, 4.69) is 15.9 Å².